The van der Waals surface area contributed by atoms with Crippen molar-refractivity contribution in [3.63, 3.8) is 0 Å². The second kappa shape index (κ2) is 6.43. The van der Waals surface area contributed by atoms with Gasteiger partial charge in [0.15, 0.2) is 0 Å². The van der Waals surface area contributed by atoms with Crippen LogP contribution in [0.25, 0.3) is 0 Å². The Kier molecular flexibility index (Phi) is 4.60. The predicted molar refractivity (Wildman–Crippen MR) is 65.4 cm³/mol. The van der Waals surface area contributed by atoms with Crippen LogP contribution in [0, 0.1) is 11.3 Å². The Morgan fingerprint density at radius 1 is 1.29 bits per heavy atom. The van der Waals surface area contributed by atoms with E-state index in [1.807, 2.05) is 12.1 Å². The van der Waals surface area contributed by atoms with Crippen LogP contribution in [-0.4, -0.2) is 31.1 Å². The lowest BCUT2D eigenvalue weighted by molar-refractivity contribution is 0.228. The Bertz CT molecular complexity index is 374. The number of likely N-dealkylation sites (tertiary alicyclic amines) is 1. The molecule has 1 aliphatic heterocycles. The SMILES string of the molecule is N#Cc1ccc(CNCCN2CCCCC2)o1. The van der Waals surface area contributed by atoms with Crippen molar-refractivity contribution in [2.75, 3.05) is 26.2 Å². The highest BCUT2D eigenvalue weighted by Crippen LogP contribution is 2.08. The number of hydrogen-bond acceptors (Lipinski definition) is 4. The normalized spacial score (nSPS) is 16.9. The van der Waals surface area contributed by atoms with Crippen LogP contribution >= 0.6 is 0 Å². The van der Waals surface area contributed by atoms with Crippen LogP contribution in [0.1, 0.15) is 30.8 Å². The van der Waals surface area contributed by atoms with Crippen LogP contribution in [0.4, 0.5) is 0 Å². The maximum absolute atomic E-state index is 8.62. The molecule has 0 aromatic carbocycles. The van der Waals surface area contributed by atoms with Gasteiger partial charge in [-0.15, -0.1) is 0 Å². The van der Waals surface area contributed by atoms with Gasteiger partial charge in [0.05, 0.1) is 6.54 Å². The molecule has 1 fully saturated rings. The summed E-state index contributed by atoms with van der Waals surface area (Å²) in [6, 6.07) is 5.55. The first-order valence-electron chi connectivity index (χ1n) is 6.30. The van der Waals surface area contributed by atoms with E-state index in [1.54, 1.807) is 6.07 Å². The number of furan rings is 1. The minimum Gasteiger partial charge on any atom is -0.449 e. The van der Waals surface area contributed by atoms with Crippen LogP contribution in [0.2, 0.25) is 0 Å². The van der Waals surface area contributed by atoms with E-state index in [0.717, 1.165) is 18.8 Å². The molecule has 1 aromatic heterocycles. The van der Waals surface area contributed by atoms with Crippen molar-refractivity contribution in [3.05, 3.63) is 23.7 Å². The van der Waals surface area contributed by atoms with Crippen LogP contribution in [0.5, 0.6) is 0 Å². The molecular formula is C13H19N3O. The number of piperidine rings is 1. The average Bonchev–Trinajstić information content (AvgIpc) is 2.84. The van der Waals surface area contributed by atoms with Gasteiger partial charge in [-0.25, -0.2) is 0 Å². The zero-order valence-electron chi connectivity index (χ0n) is 10.1. The summed E-state index contributed by atoms with van der Waals surface area (Å²) in [6.07, 6.45) is 4.06. The third kappa shape index (κ3) is 3.88. The first kappa shape index (κ1) is 12.2. The van der Waals surface area contributed by atoms with E-state index in [-0.39, 0.29) is 0 Å². The fourth-order valence-electron chi connectivity index (χ4n) is 2.16. The zero-order valence-corrected chi connectivity index (χ0v) is 10.1. The summed E-state index contributed by atoms with van der Waals surface area (Å²) >= 11 is 0. The van der Waals surface area contributed by atoms with E-state index < -0.39 is 0 Å². The van der Waals surface area contributed by atoms with E-state index in [9.17, 15) is 0 Å². The molecule has 0 bridgehead atoms. The quantitative estimate of drug-likeness (QED) is 0.787. The van der Waals surface area contributed by atoms with E-state index in [2.05, 4.69) is 10.2 Å². The van der Waals surface area contributed by atoms with Gasteiger partial charge in [0.2, 0.25) is 5.76 Å². The lowest BCUT2D eigenvalue weighted by Gasteiger charge is -2.26. The molecule has 92 valence electrons. The second-order valence-corrected chi connectivity index (χ2v) is 4.46. The highest BCUT2D eigenvalue weighted by Gasteiger charge is 2.08. The molecule has 0 amide bonds. The highest BCUT2D eigenvalue weighted by molar-refractivity contribution is 5.18. The number of nitrogens with one attached hydrogen (secondary N) is 1. The minimum atomic E-state index is 0.387. The molecule has 0 saturated carbocycles. The monoisotopic (exact) mass is 233 g/mol. The Morgan fingerprint density at radius 2 is 2.12 bits per heavy atom. The van der Waals surface area contributed by atoms with E-state index in [1.165, 1.54) is 32.4 Å². The first-order valence-corrected chi connectivity index (χ1v) is 6.30. The molecule has 0 spiro atoms. The summed E-state index contributed by atoms with van der Waals surface area (Å²) in [5.41, 5.74) is 0. The standard InChI is InChI=1S/C13H19N3O/c14-10-12-4-5-13(17-12)11-15-6-9-16-7-2-1-3-8-16/h4-5,15H,1-3,6-9,11H2. The van der Waals surface area contributed by atoms with Gasteiger partial charge < -0.3 is 14.6 Å². The Hall–Kier alpha value is -1.31. The lowest BCUT2D eigenvalue weighted by Crippen LogP contribution is -2.35. The van der Waals surface area contributed by atoms with Gasteiger partial charge in [-0.05, 0) is 38.1 Å². The zero-order chi connectivity index (χ0) is 11.9. The molecule has 1 aromatic rings. The number of nitriles is 1. The van der Waals surface area contributed by atoms with Crippen molar-refractivity contribution in [3.8, 4) is 6.07 Å². The third-order valence-corrected chi connectivity index (χ3v) is 3.12. The van der Waals surface area contributed by atoms with Gasteiger partial charge in [-0.3, -0.25) is 0 Å². The van der Waals surface area contributed by atoms with Crippen molar-refractivity contribution in [2.45, 2.75) is 25.8 Å². The minimum absolute atomic E-state index is 0.387. The fraction of sp³-hybridized carbons (Fsp3) is 0.615. The molecule has 1 N–H and O–H groups in total. The highest BCUT2D eigenvalue weighted by atomic mass is 16.3. The summed E-state index contributed by atoms with van der Waals surface area (Å²) in [4.78, 5) is 2.50. The number of nitrogens with zero attached hydrogens (tertiary/aromatic N) is 2. The van der Waals surface area contributed by atoms with E-state index in [0.29, 0.717) is 12.3 Å². The van der Waals surface area contributed by atoms with E-state index >= 15 is 0 Å². The van der Waals surface area contributed by atoms with Gasteiger partial charge in [-0.1, -0.05) is 6.42 Å². The maximum Gasteiger partial charge on any atom is 0.203 e. The molecule has 1 saturated heterocycles. The van der Waals surface area contributed by atoms with Crippen LogP contribution in [0.15, 0.2) is 16.5 Å². The first-order chi connectivity index (χ1) is 8.38. The molecule has 0 radical (unpaired) electrons. The summed E-state index contributed by atoms with van der Waals surface area (Å²) in [6.45, 7) is 5.26. The topological polar surface area (TPSA) is 52.2 Å². The van der Waals surface area contributed by atoms with Gasteiger partial charge in [0, 0.05) is 13.1 Å². The molecular weight excluding hydrogens is 214 g/mol. The number of hydrogen-bond donors (Lipinski definition) is 1. The van der Waals surface area contributed by atoms with Gasteiger partial charge >= 0.3 is 0 Å². The Morgan fingerprint density at radius 3 is 2.82 bits per heavy atom. The Labute approximate surface area is 102 Å². The summed E-state index contributed by atoms with van der Waals surface area (Å²) in [5, 5.41) is 12.0. The Balaban J connectivity index is 1.61. The van der Waals surface area contributed by atoms with E-state index in [4.69, 9.17) is 9.68 Å². The summed E-state index contributed by atoms with van der Waals surface area (Å²) in [7, 11) is 0. The van der Waals surface area contributed by atoms with Crippen molar-refractivity contribution >= 4 is 0 Å². The van der Waals surface area contributed by atoms with Crippen LogP contribution in [0.3, 0.4) is 0 Å². The predicted octanol–water partition coefficient (Wildman–Crippen LogP) is 1.73. The molecule has 2 rings (SSSR count). The van der Waals surface area contributed by atoms with Crippen molar-refractivity contribution < 1.29 is 4.42 Å². The molecule has 17 heavy (non-hydrogen) atoms. The molecule has 0 unspecified atom stereocenters. The lowest BCUT2D eigenvalue weighted by atomic mass is 10.1. The van der Waals surface area contributed by atoms with Gasteiger partial charge in [0.25, 0.3) is 0 Å². The molecule has 4 heteroatoms. The number of rotatable bonds is 5. The second-order valence-electron chi connectivity index (χ2n) is 4.46. The molecule has 0 aliphatic carbocycles. The summed E-state index contributed by atoms with van der Waals surface area (Å²) in [5.74, 6) is 1.22. The largest absolute Gasteiger partial charge is 0.449 e. The van der Waals surface area contributed by atoms with Crippen LogP contribution in [-0.2, 0) is 6.54 Å². The van der Waals surface area contributed by atoms with Gasteiger partial charge in [-0.2, -0.15) is 5.26 Å². The van der Waals surface area contributed by atoms with Crippen molar-refractivity contribution in [2.24, 2.45) is 0 Å². The summed E-state index contributed by atoms with van der Waals surface area (Å²) < 4.78 is 5.29. The molecule has 2 heterocycles. The van der Waals surface area contributed by atoms with Gasteiger partial charge in [0.1, 0.15) is 11.8 Å². The molecule has 1 aliphatic rings. The molecule has 0 atom stereocenters. The smallest absolute Gasteiger partial charge is 0.203 e. The van der Waals surface area contributed by atoms with Crippen molar-refractivity contribution in [1.29, 1.82) is 5.26 Å². The third-order valence-electron chi connectivity index (χ3n) is 3.12. The maximum atomic E-state index is 8.62. The average molecular weight is 233 g/mol. The fourth-order valence-corrected chi connectivity index (χ4v) is 2.16. The van der Waals surface area contributed by atoms with Crippen LogP contribution < -0.4 is 5.32 Å². The molecule has 4 nitrogen and oxygen atoms in total. The van der Waals surface area contributed by atoms with Crippen molar-refractivity contribution in [1.82, 2.24) is 10.2 Å².